The second-order valence-electron chi connectivity index (χ2n) is 11.7. The number of anilines is 1. The molecule has 2 aromatic carbocycles. The Morgan fingerprint density at radius 2 is 1.66 bits per heavy atom. The molecular formula is C33H35ClN6O4. The SMILES string of the molecule is CC(=O)c1c(-c2ccc(C(=O)Nc3cc(-c4ccc(Cl)cc4)ccn3)cc2)nc([C@@H]2CCCCN2C(=O)OC(C)(C)C)n1N. The van der Waals surface area contributed by atoms with Crippen LogP contribution in [0.1, 0.15) is 79.7 Å². The number of nitrogen functional groups attached to an aromatic ring is 1. The monoisotopic (exact) mass is 614 g/mol. The summed E-state index contributed by atoms with van der Waals surface area (Å²) in [7, 11) is 0. The number of likely N-dealkylation sites (tertiary alicyclic amines) is 1. The highest BCUT2D eigenvalue weighted by atomic mass is 35.5. The molecule has 4 aromatic rings. The lowest BCUT2D eigenvalue weighted by Gasteiger charge is -2.36. The average Bonchev–Trinajstić information content (AvgIpc) is 3.34. The van der Waals surface area contributed by atoms with Crippen LogP contribution in [0.15, 0.2) is 66.9 Å². The fraction of sp³-hybridized carbons (Fsp3) is 0.303. The third kappa shape index (κ3) is 6.75. The van der Waals surface area contributed by atoms with Gasteiger partial charge in [-0.2, -0.15) is 0 Å². The van der Waals surface area contributed by atoms with Crippen molar-refractivity contribution in [2.45, 2.75) is 58.6 Å². The summed E-state index contributed by atoms with van der Waals surface area (Å²) in [5.41, 5.74) is 2.78. The Bertz CT molecular complexity index is 1690. The lowest BCUT2D eigenvalue weighted by molar-refractivity contribution is 0.00821. The predicted octanol–water partition coefficient (Wildman–Crippen LogP) is 6.90. The van der Waals surface area contributed by atoms with Gasteiger partial charge in [-0.1, -0.05) is 35.9 Å². The van der Waals surface area contributed by atoms with Crippen molar-refractivity contribution < 1.29 is 19.1 Å². The lowest BCUT2D eigenvalue weighted by atomic mass is 10.0. The van der Waals surface area contributed by atoms with Crippen LogP contribution in [0.4, 0.5) is 10.6 Å². The minimum absolute atomic E-state index is 0.218. The molecule has 0 unspecified atom stereocenters. The Labute approximate surface area is 261 Å². The molecule has 0 saturated carbocycles. The molecule has 0 bridgehead atoms. The number of carbonyl (C=O) groups is 3. The first-order valence-electron chi connectivity index (χ1n) is 14.4. The zero-order valence-corrected chi connectivity index (χ0v) is 25.9. The molecule has 1 fully saturated rings. The molecule has 10 nitrogen and oxygen atoms in total. The molecule has 1 aliphatic heterocycles. The lowest BCUT2D eigenvalue weighted by Crippen LogP contribution is -2.43. The van der Waals surface area contributed by atoms with Gasteiger partial charge < -0.3 is 15.9 Å². The minimum atomic E-state index is -0.656. The molecule has 0 radical (unpaired) electrons. The number of amides is 2. The maximum atomic E-state index is 13.1. The molecule has 44 heavy (non-hydrogen) atoms. The van der Waals surface area contributed by atoms with Crippen LogP contribution in [0, 0.1) is 0 Å². The van der Waals surface area contributed by atoms with E-state index in [1.54, 1.807) is 53.6 Å². The molecule has 2 aromatic heterocycles. The Kier molecular flexibility index (Phi) is 8.73. The van der Waals surface area contributed by atoms with Gasteiger partial charge in [0.2, 0.25) is 0 Å². The number of nitrogens with one attached hydrogen (secondary N) is 1. The van der Waals surface area contributed by atoms with E-state index in [0.717, 1.165) is 24.0 Å². The standard InChI is InChI=1S/C33H35ClN6O4/c1-20(41)29-28(38-30(40(29)35)26-7-5-6-18-39(26)32(43)44-33(2,3)4)22-8-10-23(11-9-22)31(42)37-27-19-24(16-17-36-27)21-12-14-25(34)15-13-21/h8-17,19,26H,5-7,18,35H2,1-4H3,(H,36,37,42)/t26-/m0/s1. The Hall–Kier alpha value is -4.70. The summed E-state index contributed by atoms with van der Waals surface area (Å²) < 4.78 is 6.93. The Balaban J connectivity index is 1.38. The molecule has 3 heterocycles. The first-order chi connectivity index (χ1) is 20.9. The number of nitrogens with two attached hydrogens (primary N) is 1. The average molecular weight is 615 g/mol. The van der Waals surface area contributed by atoms with E-state index in [0.29, 0.717) is 46.5 Å². The summed E-state index contributed by atoms with van der Waals surface area (Å²) in [6, 6.07) is 17.3. The third-order valence-corrected chi connectivity index (χ3v) is 7.55. The maximum Gasteiger partial charge on any atom is 0.410 e. The number of aromatic nitrogens is 3. The van der Waals surface area contributed by atoms with Crippen LogP contribution in [0.2, 0.25) is 5.02 Å². The van der Waals surface area contributed by atoms with Crippen molar-refractivity contribution in [2.24, 2.45) is 0 Å². The van der Waals surface area contributed by atoms with Crippen molar-refractivity contribution in [3.63, 3.8) is 0 Å². The van der Waals surface area contributed by atoms with Crippen LogP contribution >= 0.6 is 11.6 Å². The first-order valence-corrected chi connectivity index (χ1v) is 14.8. The van der Waals surface area contributed by atoms with Crippen molar-refractivity contribution in [1.82, 2.24) is 19.5 Å². The number of halogens is 1. The molecule has 3 N–H and O–H groups in total. The van der Waals surface area contributed by atoms with E-state index < -0.39 is 17.7 Å². The number of ketones is 1. The number of imidazole rings is 1. The maximum absolute atomic E-state index is 13.1. The summed E-state index contributed by atoms with van der Waals surface area (Å²) in [5.74, 6) is 6.66. The van der Waals surface area contributed by atoms with Crippen LogP contribution in [0.3, 0.4) is 0 Å². The zero-order valence-electron chi connectivity index (χ0n) is 25.1. The summed E-state index contributed by atoms with van der Waals surface area (Å²) in [6.07, 6.45) is 3.53. The van der Waals surface area contributed by atoms with Crippen molar-refractivity contribution in [3.05, 3.63) is 89.0 Å². The Morgan fingerprint density at radius 3 is 2.32 bits per heavy atom. The number of piperidine rings is 1. The van der Waals surface area contributed by atoms with Gasteiger partial charge in [-0.05, 0) is 87.6 Å². The van der Waals surface area contributed by atoms with Gasteiger partial charge in [-0.25, -0.2) is 19.4 Å². The number of hydrogen-bond donors (Lipinski definition) is 2. The number of Topliss-reactive ketones (excluding diaryl/α,β-unsaturated/α-hetero) is 1. The smallest absolute Gasteiger partial charge is 0.410 e. The van der Waals surface area contributed by atoms with Gasteiger partial charge >= 0.3 is 6.09 Å². The van der Waals surface area contributed by atoms with Gasteiger partial charge in [-0.15, -0.1) is 0 Å². The molecule has 11 heteroatoms. The molecule has 228 valence electrons. The van der Waals surface area contributed by atoms with Gasteiger partial charge in [0.05, 0.1) is 6.04 Å². The second kappa shape index (κ2) is 12.5. The number of pyridine rings is 1. The van der Waals surface area contributed by atoms with Gasteiger partial charge in [0.15, 0.2) is 11.6 Å². The number of benzene rings is 2. The number of nitrogens with zero attached hydrogens (tertiary/aromatic N) is 4. The molecule has 0 spiro atoms. The van der Waals surface area contributed by atoms with Crippen LogP contribution in [0.25, 0.3) is 22.4 Å². The fourth-order valence-corrected chi connectivity index (χ4v) is 5.38. The summed E-state index contributed by atoms with van der Waals surface area (Å²) in [4.78, 5) is 49.6. The quantitative estimate of drug-likeness (QED) is 0.178. The zero-order chi connectivity index (χ0) is 31.6. The Morgan fingerprint density at radius 1 is 0.977 bits per heavy atom. The number of rotatable bonds is 6. The summed E-state index contributed by atoms with van der Waals surface area (Å²) in [5, 5.41) is 3.48. The van der Waals surface area contributed by atoms with Crippen molar-refractivity contribution >= 4 is 35.2 Å². The largest absolute Gasteiger partial charge is 0.444 e. The number of carbonyl (C=O) groups excluding carboxylic acids is 3. The highest BCUT2D eigenvalue weighted by molar-refractivity contribution is 6.30. The normalized spacial score (nSPS) is 15.1. The van der Waals surface area contributed by atoms with Crippen LogP contribution in [-0.4, -0.2) is 49.5 Å². The van der Waals surface area contributed by atoms with E-state index in [1.165, 1.54) is 11.6 Å². The van der Waals surface area contributed by atoms with Crippen molar-refractivity contribution in [3.8, 4) is 22.4 Å². The van der Waals surface area contributed by atoms with E-state index in [2.05, 4.69) is 10.3 Å². The molecule has 1 saturated heterocycles. The number of ether oxygens (including phenoxy) is 1. The van der Waals surface area contributed by atoms with E-state index >= 15 is 0 Å². The molecule has 2 amide bonds. The molecule has 1 atom stereocenters. The van der Waals surface area contributed by atoms with Gasteiger partial charge in [0, 0.05) is 35.8 Å². The fourth-order valence-electron chi connectivity index (χ4n) is 5.25. The predicted molar refractivity (Wildman–Crippen MR) is 170 cm³/mol. The van der Waals surface area contributed by atoms with Gasteiger partial charge in [0.25, 0.3) is 5.91 Å². The topological polar surface area (TPSA) is 132 Å². The highest BCUT2D eigenvalue weighted by Gasteiger charge is 2.36. The van der Waals surface area contributed by atoms with Gasteiger partial charge in [-0.3, -0.25) is 14.5 Å². The first kappa shape index (κ1) is 30.7. The second-order valence-corrected chi connectivity index (χ2v) is 12.2. The third-order valence-electron chi connectivity index (χ3n) is 7.30. The molecule has 1 aliphatic rings. The molecular weight excluding hydrogens is 580 g/mol. The minimum Gasteiger partial charge on any atom is -0.444 e. The molecule has 0 aliphatic carbocycles. The van der Waals surface area contributed by atoms with E-state index in [-0.39, 0.29) is 17.4 Å². The van der Waals surface area contributed by atoms with E-state index in [1.807, 2.05) is 39.0 Å². The summed E-state index contributed by atoms with van der Waals surface area (Å²) >= 11 is 6.01. The van der Waals surface area contributed by atoms with Gasteiger partial charge in [0.1, 0.15) is 22.8 Å². The van der Waals surface area contributed by atoms with Crippen LogP contribution in [0.5, 0.6) is 0 Å². The van der Waals surface area contributed by atoms with E-state index in [4.69, 9.17) is 27.2 Å². The van der Waals surface area contributed by atoms with Crippen molar-refractivity contribution in [1.29, 1.82) is 0 Å². The molecule has 5 rings (SSSR count). The van der Waals surface area contributed by atoms with E-state index in [9.17, 15) is 14.4 Å². The number of hydrogen-bond acceptors (Lipinski definition) is 7. The van der Waals surface area contributed by atoms with Crippen molar-refractivity contribution in [2.75, 3.05) is 17.7 Å². The van der Waals surface area contributed by atoms with Crippen LogP contribution < -0.4 is 11.2 Å². The van der Waals surface area contributed by atoms with Crippen LogP contribution in [-0.2, 0) is 4.74 Å². The highest BCUT2D eigenvalue weighted by Crippen LogP contribution is 2.35. The summed E-state index contributed by atoms with van der Waals surface area (Å²) in [6.45, 7) is 7.38.